The molecule has 2 aromatic carbocycles. The Kier molecular flexibility index (Phi) is 6.84. The number of amides is 1. The van der Waals surface area contributed by atoms with Gasteiger partial charge in [-0.1, -0.05) is 19.4 Å². The van der Waals surface area contributed by atoms with Crippen LogP contribution in [0.1, 0.15) is 36.9 Å². The lowest BCUT2D eigenvalue weighted by Gasteiger charge is -2.25. The van der Waals surface area contributed by atoms with Gasteiger partial charge in [-0.25, -0.2) is 0 Å². The molecule has 0 aliphatic carbocycles. The highest BCUT2D eigenvalue weighted by Crippen LogP contribution is 2.42. The van der Waals surface area contributed by atoms with Crippen LogP contribution in [0, 0.1) is 0 Å². The first-order valence-corrected chi connectivity index (χ1v) is 10.1. The molecular weight excluding hydrogens is 398 g/mol. The second kappa shape index (κ2) is 9.55. The van der Waals surface area contributed by atoms with E-state index in [2.05, 4.69) is 0 Å². The fraction of sp³-hybridized carbons (Fsp3) is 0.333. The highest BCUT2D eigenvalue weighted by molar-refractivity contribution is 6.46. The first-order valence-electron chi connectivity index (χ1n) is 10.1. The molecule has 2 aromatic rings. The number of likely N-dealkylation sites (tertiary alicyclic amines) is 1. The maximum atomic E-state index is 13.0. The summed E-state index contributed by atoms with van der Waals surface area (Å²) in [7, 11) is 4.60. The maximum Gasteiger partial charge on any atom is 0.295 e. The van der Waals surface area contributed by atoms with Crippen LogP contribution in [0.4, 0.5) is 0 Å². The van der Waals surface area contributed by atoms with Crippen LogP contribution >= 0.6 is 0 Å². The molecular formula is C24H27NO6. The van der Waals surface area contributed by atoms with Crippen molar-refractivity contribution in [3.8, 4) is 17.2 Å². The van der Waals surface area contributed by atoms with Crippen molar-refractivity contribution in [3.63, 3.8) is 0 Å². The minimum atomic E-state index is -0.728. The molecule has 3 rings (SSSR count). The third kappa shape index (κ3) is 4.21. The van der Waals surface area contributed by atoms with Crippen molar-refractivity contribution in [2.24, 2.45) is 0 Å². The number of rotatable bonds is 8. The molecule has 0 aromatic heterocycles. The van der Waals surface area contributed by atoms with Crippen LogP contribution < -0.4 is 14.2 Å². The molecule has 164 valence electrons. The number of Topliss-reactive ketones (excluding diaryl/α,β-unsaturated/α-hetero) is 1. The van der Waals surface area contributed by atoms with E-state index in [1.54, 1.807) is 49.6 Å². The predicted octanol–water partition coefficient (Wildman–Crippen LogP) is 3.93. The second-order valence-electron chi connectivity index (χ2n) is 7.19. The van der Waals surface area contributed by atoms with Crippen LogP contribution in [-0.4, -0.2) is 49.6 Å². The van der Waals surface area contributed by atoms with Crippen molar-refractivity contribution < 1.29 is 28.9 Å². The predicted molar refractivity (Wildman–Crippen MR) is 116 cm³/mol. The van der Waals surface area contributed by atoms with Gasteiger partial charge in [0.2, 0.25) is 0 Å². The number of ether oxygens (including phenoxy) is 3. The summed E-state index contributed by atoms with van der Waals surface area (Å²) in [6.07, 6.45) is 1.60. The Bertz CT molecular complexity index is 996. The smallest absolute Gasteiger partial charge is 0.295 e. The lowest BCUT2D eigenvalue weighted by molar-refractivity contribution is -0.139. The van der Waals surface area contributed by atoms with Gasteiger partial charge < -0.3 is 24.2 Å². The van der Waals surface area contributed by atoms with Crippen molar-refractivity contribution in [1.82, 2.24) is 4.90 Å². The third-order valence-corrected chi connectivity index (χ3v) is 5.38. The largest absolute Gasteiger partial charge is 0.507 e. The molecule has 0 saturated carbocycles. The highest BCUT2D eigenvalue weighted by Gasteiger charge is 2.46. The molecule has 0 bridgehead atoms. The first kappa shape index (κ1) is 22.2. The summed E-state index contributed by atoms with van der Waals surface area (Å²) in [5.41, 5.74) is 1.14. The van der Waals surface area contributed by atoms with Gasteiger partial charge in [0.15, 0.2) is 11.5 Å². The van der Waals surface area contributed by atoms with Crippen molar-refractivity contribution in [2.75, 3.05) is 27.9 Å². The van der Waals surface area contributed by atoms with Crippen molar-refractivity contribution in [3.05, 3.63) is 59.2 Å². The summed E-state index contributed by atoms with van der Waals surface area (Å²) >= 11 is 0. The fourth-order valence-corrected chi connectivity index (χ4v) is 3.71. The zero-order chi connectivity index (χ0) is 22.5. The van der Waals surface area contributed by atoms with E-state index in [1.165, 1.54) is 19.1 Å². The van der Waals surface area contributed by atoms with Crippen LogP contribution in [0.25, 0.3) is 5.76 Å². The Labute approximate surface area is 181 Å². The van der Waals surface area contributed by atoms with Crippen LogP contribution in [0.3, 0.4) is 0 Å². The molecule has 7 nitrogen and oxygen atoms in total. The monoisotopic (exact) mass is 425 g/mol. The molecule has 31 heavy (non-hydrogen) atoms. The molecule has 1 aliphatic heterocycles. The van der Waals surface area contributed by atoms with Crippen LogP contribution in [-0.2, 0) is 9.59 Å². The number of ketones is 1. The number of hydrogen-bond acceptors (Lipinski definition) is 6. The van der Waals surface area contributed by atoms with Gasteiger partial charge in [0, 0.05) is 12.1 Å². The van der Waals surface area contributed by atoms with Gasteiger partial charge in [0.1, 0.15) is 11.5 Å². The number of nitrogens with zero attached hydrogens (tertiary/aromatic N) is 1. The summed E-state index contributed by atoms with van der Waals surface area (Å²) in [6, 6.07) is 11.2. The van der Waals surface area contributed by atoms with E-state index in [0.717, 1.165) is 12.8 Å². The minimum Gasteiger partial charge on any atom is -0.507 e. The van der Waals surface area contributed by atoms with Gasteiger partial charge in [-0.2, -0.15) is 0 Å². The second-order valence-corrected chi connectivity index (χ2v) is 7.19. The van der Waals surface area contributed by atoms with Gasteiger partial charge in [-0.05, 0) is 48.4 Å². The van der Waals surface area contributed by atoms with E-state index in [9.17, 15) is 14.7 Å². The fourth-order valence-electron chi connectivity index (χ4n) is 3.71. The normalized spacial score (nSPS) is 17.7. The van der Waals surface area contributed by atoms with E-state index < -0.39 is 17.7 Å². The summed E-state index contributed by atoms with van der Waals surface area (Å²) < 4.78 is 15.9. The quantitative estimate of drug-likeness (QED) is 0.392. The zero-order valence-electron chi connectivity index (χ0n) is 18.2. The number of unbranched alkanes of at least 4 members (excludes halogenated alkanes) is 1. The van der Waals surface area contributed by atoms with Crippen molar-refractivity contribution in [2.45, 2.75) is 25.8 Å². The lowest BCUT2D eigenvalue weighted by atomic mass is 9.95. The van der Waals surface area contributed by atoms with E-state index >= 15 is 0 Å². The molecule has 1 fully saturated rings. The number of carbonyl (C=O) groups is 2. The van der Waals surface area contributed by atoms with Gasteiger partial charge in [0.05, 0.1) is 32.9 Å². The number of carbonyl (C=O) groups excluding carboxylic acids is 2. The summed E-state index contributed by atoms with van der Waals surface area (Å²) in [4.78, 5) is 27.4. The van der Waals surface area contributed by atoms with Crippen molar-refractivity contribution in [1.29, 1.82) is 0 Å². The average Bonchev–Trinajstić information content (AvgIpc) is 3.06. The van der Waals surface area contributed by atoms with E-state index in [1.807, 2.05) is 6.92 Å². The number of methoxy groups -OCH3 is 3. The molecule has 1 saturated heterocycles. The third-order valence-electron chi connectivity index (χ3n) is 5.38. The molecule has 1 aliphatic rings. The SMILES string of the molecule is CCCCN1C(=O)C(=O)/C(=C(/O)c2ccc(OC)cc2)C1c1ccc(OC)c(OC)c1. The Balaban J connectivity index is 2.17. The van der Waals surface area contributed by atoms with Crippen LogP contribution in [0.5, 0.6) is 17.2 Å². The zero-order valence-corrected chi connectivity index (χ0v) is 18.2. The topological polar surface area (TPSA) is 85.3 Å². The molecule has 1 amide bonds. The van der Waals surface area contributed by atoms with Crippen molar-refractivity contribution >= 4 is 17.4 Å². The van der Waals surface area contributed by atoms with Crippen LogP contribution in [0.15, 0.2) is 48.0 Å². The van der Waals surface area contributed by atoms with Gasteiger partial charge in [0.25, 0.3) is 11.7 Å². The lowest BCUT2D eigenvalue weighted by Crippen LogP contribution is -2.30. The number of benzene rings is 2. The Morgan fingerprint density at radius 2 is 1.65 bits per heavy atom. The molecule has 1 N–H and O–H groups in total. The Hall–Kier alpha value is -3.48. The molecule has 7 heteroatoms. The number of aliphatic hydroxyl groups is 1. The molecule has 0 spiro atoms. The molecule has 0 radical (unpaired) electrons. The number of hydrogen-bond donors (Lipinski definition) is 1. The highest BCUT2D eigenvalue weighted by atomic mass is 16.5. The molecule has 1 atom stereocenters. The van der Waals surface area contributed by atoms with Gasteiger partial charge >= 0.3 is 0 Å². The van der Waals surface area contributed by atoms with E-state index in [4.69, 9.17) is 14.2 Å². The maximum absolute atomic E-state index is 13.0. The van der Waals surface area contributed by atoms with Gasteiger partial charge in [-0.3, -0.25) is 9.59 Å². The van der Waals surface area contributed by atoms with E-state index in [-0.39, 0.29) is 11.3 Å². The summed E-state index contributed by atoms with van der Waals surface area (Å²) in [6.45, 7) is 2.42. The Morgan fingerprint density at radius 1 is 0.968 bits per heavy atom. The summed E-state index contributed by atoms with van der Waals surface area (Å²) in [5.74, 6) is 0.0844. The van der Waals surface area contributed by atoms with E-state index in [0.29, 0.717) is 34.9 Å². The standard InChI is InChI=1S/C24H27NO6/c1-5-6-13-25-21(16-9-12-18(30-3)19(14-16)31-4)20(23(27)24(25)28)22(26)15-7-10-17(29-2)11-8-15/h7-12,14,21,26H,5-6,13H2,1-4H3/b22-20+. The first-order chi connectivity index (χ1) is 15.0. The molecule has 1 heterocycles. The summed E-state index contributed by atoms with van der Waals surface area (Å²) in [5, 5.41) is 11.1. The molecule has 1 unspecified atom stereocenters. The average molecular weight is 425 g/mol. The van der Waals surface area contributed by atoms with Gasteiger partial charge in [-0.15, -0.1) is 0 Å². The van der Waals surface area contributed by atoms with Crippen LogP contribution in [0.2, 0.25) is 0 Å². The Morgan fingerprint density at radius 3 is 2.23 bits per heavy atom. The minimum absolute atomic E-state index is 0.0542. The number of aliphatic hydroxyl groups excluding tert-OH is 1.